The van der Waals surface area contributed by atoms with Crippen LogP contribution in [0.3, 0.4) is 0 Å². The van der Waals surface area contributed by atoms with E-state index in [0.29, 0.717) is 49.5 Å². The minimum Gasteiger partial charge on any atom is -0.335 e. The summed E-state index contributed by atoms with van der Waals surface area (Å²) in [6, 6.07) is 25.2. The van der Waals surface area contributed by atoms with Crippen molar-refractivity contribution in [1.82, 2.24) is 19.6 Å². The van der Waals surface area contributed by atoms with E-state index in [4.69, 9.17) is 5.10 Å². The second-order valence-corrected chi connectivity index (χ2v) is 8.53. The Bertz CT molecular complexity index is 1310. The summed E-state index contributed by atoms with van der Waals surface area (Å²) >= 11 is 0. The van der Waals surface area contributed by atoms with E-state index in [9.17, 15) is 14.0 Å². The molecule has 2 heterocycles. The van der Waals surface area contributed by atoms with Crippen LogP contribution in [0.15, 0.2) is 91.1 Å². The molecule has 4 aromatic rings. The molecule has 0 spiro atoms. The highest BCUT2D eigenvalue weighted by Gasteiger charge is 2.28. The molecule has 0 atom stereocenters. The molecule has 0 unspecified atom stereocenters. The van der Waals surface area contributed by atoms with Crippen molar-refractivity contribution >= 4 is 11.8 Å². The van der Waals surface area contributed by atoms with Crippen LogP contribution >= 0.6 is 0 Å². The van der Waals surface area contributed by atoms with Crippen LogP contribution in [-0.2, 0) is 6.54 Å². The van der Waals surface area contributed by atoms with Crippen molar-refractivity contribution < 1.29 is 14.0 Å². The van der Waals surface area contributed by atoms with Crippen LogP contribution < -0.4 is 0 Å². The number of nitrogens with zero attached hydrogens (tertiary/aromatic N) is 4. The number of carbonyl (C=O) groups excluding carboxylic acids is 2. The highest BCUT2D eigenvalue weighted by molar-refractivity contribution is 6.00. The minimum absolute atomic E-state index is 0.1000. The van der Waals surface area contributed by atoms with Gasteiger partial charge in [-0.25, -0.2) is 4.39 Å². The average molecular weight is 469 g/mol. The van der Waals surface area contributed by atoms with E-state index in [1.54, 1.807) is 14.5 Å². The first kappa shape index (κ1) is 22.5. The quantitative estimate of drug-likeness (QED) is 0.438. The fourth-order valence-electron chi connectivity index (χ4n) is 4.30. The van der Waals surface area contributed by atoms with Gasteiger partial charge in [0.05, 0.1) is 12.1 Å². The zero-order valence-corrected chi connectivity index (χ0v) is 19.2. The summed E-state index contributed by atoms with van der Waals surface area (Å²) in [6.45, 7) is 2.24. The van der Waals surface area contributed by atoms with E-state index < -0.39 is 0 Å². The highest BCUT2D eigenvalue weighted by atomic mass is 19.1. The summed E-state index contributed by atoms with van der Waals surface area (Å²) < 4.78 is 15.0. The van der Waals surface area contributed by atoms with Crippen molar-refractivity contribution in [1.29, 1.82) is 0 Å². The molecule has 0 radical (unpaired) electrons. The summed E-state index contributed by atoms with van der Waals surface area (Å²) in [4.78, 5) is 29.8. The number of carbonyl (C=O) groups is 2. The van der Waals surface area contributed by atoms with Gasteiger partial charge in [-0.15, -0.1) is 0 Å². The number of aromatic nitrogens is 2. The maximum absolute atomic E-state index is 13.6. The zero-order chi connectivity index (χ0) is 24.2. The number of halogens is 1. The molecule has 0 bridgehead atoms. The van der Waals surface area contributed by atoms with Crippen LogP contribution in [-0.4, -0.2) is 57.6 Å². The summed E-state index contributed by atoms with van der Waals surface area (Å²) in [7, 11) is 0. The number of amides is 2. The largest absolute Gasteiger partial charge is 0.335 e. The second-order valence-electron chi connectivity index (χ2n) is 8.53. The Kier molecular flexibility index (Phi) is 6.39. The predicted molar refractivity (Wildman–Crippen MR) is 131 cm³/mol. The lowest BCUT2D eigenvalue weighted by Crippen LogP contribution is -2.50. The van der Waals surface area contributed by atoms with Crippen molar-refractivity contribution in [2.24, 2.45) is 0 Å². The molecule has 3 aromatic carbocycles. The van der Waals surface area contributed by atoms with E-state index in [2.05, 4.69) is 0 Å². The molecule has 5 rings (SSSR count). The van der Waals surface area contributed by atoms with Gasteiger partial charge in [-0.2, -0.15) is 5.10 Å². The molecule has 1 aliphatic rings. The Morgan fingerprint density at radius 1 is 0.743 bits per heavy atom. The maximum Gasteiger partial charge on any atom is 0.257 e. The SMILES string of the molecule is O=C(c1ccc(F)cc1)N1CCN(C(=O)c2cn(Cc3ccccc3)nc2-c2ccccc2)CC1. The Hall–Kier alpha value is -4.26. The Balaban J connectivity index is 1.34. The molecule has 35 heavy (non-hydrogen) atoms. The lowest BCUT2D eigenvalue weighted by molar-refractivity contribution is 0.0536. The fourth-order valence-corrected chi connectivity index (χ4v) is 4.30. The molecule has 1 saturated heterocycles. The standard InChI is InChI=1S/C28H25FN4O2/c29-24-13-11-23(12-14-24)27(34)31-15-17-32(18-16-31)28(35)25-20-33(19-21-7-3-1-4-8-21)30-26(25)22-9-5-2-6-10-22/h1-14,20H,15-19H2. The van der Waals surface area contributed by atoms with Crippen LogP contribution in [0.1, 0.15) is 26.3 Å². The van der Waals surface area contributed by atoms with Crippen molar-refractivity contribution in [3.8, 4) is 11.3 Å². The molecule has 7 heteroatoms. The van der Waals surface area contributed by atoms with Crippen LogP contribution in [0.25, 0.3) is 11.3 Å². The number of benzene rings is 3. The highest BCUT2D eigenvalue weighted by Crippen LogP contribution is 2.24. The van der Waals surface area contributed by atoms with Crippen molar-refractivity contribution in [2.75, 3.05) is 26.2 Å². The van der Waals surface area contributed by atoms with Gasteiger partial charge < -0.3 is 9.80 Å². The molecule has 0 N–H and O–H groups in total. The molecule has 1 aliphatic heterocycles. The van der Waals surface area contributed by atoms with Crippen LogP contribution in [0.2, 0.25) is 0 Å². The minimum atomic E-state index is -0.376. The number of hydrogen-bond donors (Lipinski definition) is 0. The third kappa shape index (κ3) is 4.99. The topological polar surface area (TPSA) is 58.4 Å². The molecule has 2 amide bonds. The summed E-state index contributed by atoms with van der Waals surface area (Å²) in [5.74, 6) is -0.631. The van der Waals surface area contributed by atoms with Crippen molar-refractivity contribution in [2.45, 2.75) is 6.54 Å². The average Bonchev–Trinajstić information content (AvgIpc) is 3.33. The Morgan fingerprint density at radius 3 is 1.94 bits per heavy atom. The van der Waals surface area contributed by atoms with Crippen LogP contribution in [0.5, 0.6) is 0 Å². The van der Waals surface area contributed by atoms with E-state index in [1.165, 1.54) is 24.3 Å². The lowest BCUT2D eigenvalue weighted by Gasteiger charge is -2.34. The molecule has 0 aliphatic carbocycles. The first-order chi connectivity index (χ1) is 17.1. The van der Waals surface area contributed by atoms with Crippen LogP contribution in [0.4, 0.5) is 4.39 Å². The first-order valence-electron chi connectivity index (χ1n) is 11.6. The van der Waals surface area contributed by atoms with Gasteiger partial charge in [-0.3, -0.25) is 14.3 Å². The molecule has 6 nitrogen and oxygen atoms in total. The smallest absolute Gasteiger partial charge is 0.257 e. The fraction of sp³-hybridized carbons (Fsp3) is 0.179. The molecule has 1 aromatic heterocycles. The van der Waals surface area contributed by atoms with Crippen molar-refractivity contribution in [3.63, 3.8) is 0 Å². The zero-order valence-electron chi connectivity index (χ0n) is 19.2. The monoisotopic (exact) mass is 468 g/mol. The molecular formula is C28H25FN4O2. The van der Waals surface area contributed by atoms with E-state index >= 15 is 0 Å². The number of rotatable bonds is 5. The Labute approximate surface area is 203 Å². The van der Waals surface area contributed by atoms with Gasteiger partial charge in [-0.1, -0.05) is 60.7 Å². The van der Waals surface area contributed by atoms with E-state index in [0.717, 1.165) is 11.1 Å². The molecule has 0 saturated carbocycles. The molecule has 176 valence electrons. The third-order valence-corrected chi connectivity index (χ3v) is 6.17. The summed E-state index contributed by atoms with van der Waals surface area (Å²) in [5, 5.41) is 4.76. The second kappa shape index (κ2) is 9.93. The van der Waals surface area contributed by atoms with Gasteiger partial charge in [0.25, 0.3) is 11.8 Å². The van der Waals surface area contributed by atoms with Crippen molar-refractivity contribution in [3.05, 3.63) is 114 Å². The molecular weight excluding hydrogens is 443 g/mol. The van der Waals surface area contributed by atoms with Gasteiger partial charge in [0.2, 0.25) is 0 Å². The first-order valence-corrected chi connectivity index (χ1v) is 11.6. The third-order valence-electron chi connectivity index (χ3n) is 6.17. The van der Waals surface area contributed by atoms with Gasteiger partial charge in [0, 0.05) is 43.5 Å². The Morgan fingerprint density at radius 2 is 1.31 bits per heavy atom. The summed E-state index contributed by atoms with van der Waals surface area (Å²) in [6.07, 6.45) is 1.81. The normalized spacial score (nSPS) is 13.6. The number of piperazine rings is 1. The number of hydrogen-bond acceptors (Lipinski definition) is 3. The van der Waals surface area contributed by atoms with E-state index in [1.807, 2.05) is 66.9 Å². The van der Waals surface area contributed by atoms with Crippen LogP contribution in [0, 0.1) is 5.82 Å². The lowest BCUT2D eigenvalue weighted by atomic mass is 10.1. The van der Waals surface area contributed by atoms with Gasteiger partial charge >= 0.3 is 0 Å². The summed E-state index contributed by atoms with van der Waals surface area (Å²) in [5.41, 5.74) is 3.62. The van der Waals surface area contributed by atoms with Gasteiger partial charge in [0.15, 0.2) is 0 Å². The van der Waals surface area contributed by atoms with E-state index in [-0.39, 0.29) is 17.6 Å². The van der Waals surface area contributed by atoms with Gasteiger partial charge in [0.1, 0.15) is 11.5 Å². The predicted octanol–water partition coefficient (Wildman–Crippen LogP) is 4.34. The maximum atomic E-state index is 13.6. The molecule has 1 fully saturated rings. The van der Waals surface area contributed by atoms with Gasteiger partial charge in [-0.05, 0) is 29.8 Å².